The zero-order valence-corrected chi connectivity index (χ0v) is 38.0. The molecule has 0 atom stereocenters. The summed E-state index contributed by atoms with van der Waals surface area (Å²) >= 11 is 0. The average molecular weight is 718 g/mol. The van der Waals surface area contributed by atoms with Crippen molar-refractivity contribution in [2.75, 3.05) is 0 Å². The van der Waals surface area contributed by atoms with Gasteiger partial charge in [0, 0.05) is 19.7 Å². The molecule has 0 spiro atoms. The first-order valence-corrected chi connectivity index (χ1v) is 19.6. The first kappa shape index (κ1) is 56.1. The normalized spacial score (nSPS) is 8.72. The molecule has 53 heavy (non-hydrogen) atoms. The van der Waals surface area contributed by atoms with Gasteiger partial charge in [-0.05, 0) is 40.3 Å². The van der Waals surface area contributed by atoms with Gasteiger partial charge in [-0.3, -0.25) is 0 Å². The van der Waals surface area contributed by atoms with Crippen molar-refractivity contribution in [1.82, 2.24) is 0 Å². The van der Waals surface area contributed by atoms with Crippen molar-refractivity contribution in [2.24, 2.45) is 0 Å². The Morgan fingerprint density at radius 2 is 0.453 bits per heavy atom. The van der Waals surface area contributed by atoms with E-state index in [2.05, 4.69) is 189 Å². The van der Waals surface area contributed by atoms with Crippen LogP contribution in [0.5, 0.6) is 0 Å². The van der Waals surface area contributed by atoms with Crippen molar-refractivity contribution in [1.29, 1.82) is 0 Å². The van der Waals surface area contributed by atoms with Crippen molar-refractivity contribution in [2.45, 2.75) is 101 Å². The summed E-state index contributed by atoms with van der Waals surface area (Å²) in [6.45, 7) is 26.3. The second-order valence-electron chi connectivity index (χ2n) is 9.89. The van der Waals surface area contributed by atoms with E-state index in [1.54, 1.807) is 0 Å². The molecule has 0 fully saturated rings. The summed E-state index contributed by atoms with van der Waals surface area (Å²) in [5, 5.41) is 0. The van der Waals surface area contributed by atoms with Gasteiger partial charge in [0.25, 0.3) is 0 Å². The van der Waals surface area contributed by atoms with Gasteiger partial charge >= 0.3 is 29.6 Å². The predicted molar refractivity (Wildman–Crippen MR) is 240 cm³/mol. The molecule has 2 heteroatoms. The van der Waals surface area contributed by atoms with Gasteiger partial charge in [0.1, 0.15) is 0 Å². The van der Waals surface area contributed by atoms with E-state index in [1.165, 1.54) is 33.4 Å². The summed E-state index contributed by atoms with van der Waals surface area (Å²) in [7, 11) is 0. The van der Waals surface area contributed by atoms with Crippen LogP contribution in [0.2, 0.25) is 0 Å². The minimum atomic E-state index is -0.121. The Hall–Kier alpha value is -3.62. The Balaban J connectivity index is -0.000000223. The molecule has 0 aliphatic carbocycles. The summed E-state index contributed by atoms with van der Waals surface area (Å²) in [6, 6.07) is 64.1. The maximum atomic E-state index is 2.30. The van der Waals surface area contributed by atoms with Gasteiger partial charge in [0.15, 0.2) is 0 Å². The third kappa shape index (κ3) is 18.8. The molecule has 6 rings (SSSR count). The molecular weight excluding hydrogens is 646 g/mol. The monoisotopic (exact) mass is 718 g/mol. The van der Waals surface area contributed by atoms with E-state index < -0.39 is 0 Å². The SMILES string of the molecule is CC.CC.CC.CC.CC.CC.CC(c1ccccc1)(c1ccccc1)c1ccccc1.[B].[H-].[Na+].c1ccc(C(c2ccccc2)c2ccccc2)cc1. The summed E-state index contributed by atoms with van der Waals surface area (Å²) in [6.07, 6.45) is 0. The maximum absolute atomic E-state index is 2.30. The van der Waals surface area contributed by atoms with E-state index in [1.807, 2.05) is 83.1 Å². The van der Waals surface area contributed by atoms with E-state index in [4.69, 9.17) is 0 Å². The topological polar surface area (TPSA) is 0 Å². The minimum Gasteiger partial charge on any atom is -1.00 e. The summed E-state index contributed by atoms with van der Waals surface area (Å²) in [5.74, 6) is 0.309. The fraction of sp³-hybridized carbons (Fsp3) is 0.294. The van der Waals surface area contributed by atoms with Crippen LogP contribution in [0.4, 0.5) is 0 Å². The van der Waals surface area contributed by atoms with Crippen molar-refractivity contribution >= 4 is 8.41 Å². The van der Waals surface area contributed by atoms with Crippen LogP contribution in [-0.2, 0) is 5.41 Å². The zero-order valence-electron chi connectivity index (χ0n) is 37.0. The molecule has 0 amide bonds. The predicted octanol–water partition coefficient (Wildman–Crippen LogP) is 12.8. The van der Waals surface area contributed by atoms with Gasteiger partial charge in [0.2, 0.25) is 0 Å². The van der Waals surface area contributed by atoms with Crippen molar-refractivity contribution in [3.05, 3.63) is 215 Å². The summed E-state index contributed by atoms with van der Waals surface area (Å²) in [5.41, 5.74) is 7.83. The molecular formula is C51H71BNa. The van der Waals surface area contributed by atoms with Crippen LogP contribution < -0.4 is 29.6 Å². The number of rotatable bonds is 6. The molecule has 0 bridgehead atoms. The van der Waals surface area contributed by atoms with Crippen LogP contribution in [0.15, 0.2) is 182 Å². The van der Waals surface area contributed by atoms with Gasteiger partial charge in [0.05, 0.1) is 0 Å². The minimum absolute atomic E-state index is 0. The van der Waals surface area contributed by atoms with Crippen LogP contribution in [0.1, 0.15) is 131 Å². The van der Waals surface area contributed by atoms with Crippen molar-refractivity contribution < 1.29 is 31.0 Å². The van der Waals surface area contributed by atoms with E-state index >= 15 is 0 Å². The van der Waals surface area contributed by atoms with Gasteiger partial charge in [-0.15, -0.1) is 0 Å². The van der Waals surface area contributed by atoms with Crippen molar-refractivity contribution in [3.8, 4) is 0 Å². The van der Waals surface area contributed by atoms with Crippen LogP contribution in [0, 0.1) is 0 Å². The second kappa shape index (κ2) is 38.1. The Bertz CT molecular complexity index is 1340. The molecule has 6 aromatic carbocycles. The first-order valence-electron chi connectivity index (χ1n) is 19.6. The molecule has 6 aromatic rings. The summed E-state index contributed by atoms with van der Waals surface area (Å²) < 4.78 is 0. The standard InChI is InChI=1S/C20H18.C19H16.6C2H6.B.Na.H/c1-20(17-11-5-2-6-12-17,18-13-7-3-8-14-18)19-15-9-4-10-16-19;1-4-10-16(11-5-1)19(17-12-6-2-7-13-17)18-14-8-3-9-15-18;6*1-2;;;/h2-16H,1H3;1-15,19H;6*1-2H3;;;/q;;;;;;;;;+1;-1. The van der Waals surface area contributed by atoms with Crippen molar-refractivity contribution in [3.63, 3.8) is 0 Å². The Kier molecular flexibility index (Phi) is 40.4. The molecule has 0 saturated heterocycles. The average Bonchev–Trinajstić information content (AvgIpc) is 3.27. The van der Waals surface area contributed by atoms with Crippen LogP contribution in [0.3, 0.4) is 0 Å². The fourth-order valence-corrected chi connectivity index (χ4v) is 5.33. The molecule has 279 valence electrons. The van der Waals surface area contributed by atoms with Gasteiger partial charge in [-0.1, -0.05) is 265 Å². The Labute approximate surface area is 353 Å². The molecule has 0 saturated carbocycles. The van der Waals surface area contributed by atoms with Gasteiger partial charge in [-0.2, -0.15) is 0 Å². The Morgan fingerprint density at radius 1 is 0.302 bits per heavy atom. The smallest absolute Gasteiger partial charge is 1.00 e. The number of hydrogen-bond donors (Lipinski definition) is 0. The van der Waals surface area contributed by atoms with E-state index in [9.17, 15) is 0 Å². The van der Waals surface area contributed by atoms with Crippen LogP contribution in [-0.4, -0.2) is 8.41 Å². The van der Waals surface area contributed by atoms with E-state index in [-0.39, 0.29) is 44.8 Å². The number of benzene rings is 6. The number of hydrogen-bond acceptors (Lipinski definition) is 0. The molecule has 0 aliphatic rings. The van der Waals surface area contributed by atoms with E-state index in [0.29, 0.717) is 5.92 Å². The van der Waals surface area contributed by atoms with Crippen LogP contribution in [0.25, 0.3) is 0 Å². The van der Waals surface area contributed by atoms with Gasteiger partial charge in [-0.25, -0.2) is 0 Å². The Morgan fingerprint density at radius 3 is 0.623 bits per heavy atom. The summed E-state index contributed by atoms with van der Waals surface area (Å²) in [4.78, 5) is 0. The molecule has 0 unspecified atom stereocenters. The van der Waals surface area contributed by atoms with Crippen LogP contribution >= 0.6 is 0 Å². The molecule has 0 aromatic heterocycles. The quantitative estimate of drug-likeness (QED) is 0.119. The maximum Gasteiger partial charge on any atom is 1.00 e. The molecule has 3 radical (unpaired) electrons. The van der Waals surface area contributed by atoms with Gasteiger partial charge < -0.3 is 1.43 Å². The molecule has 0 nitrogen and oxygen atoms in total. The van der Waals surface area contributed by atoms with E-state index in [0.717, 1.165) is 0 Å². The third-order valence-corrected chi connectivity index (χ3v) is 7.45. The fourth-order valence-electron chi connectivity index (χ4n) is 5.33. The molecule has 0 heterocycles. The zero-order chi connectivity index (χ0) is 38.8. The molecule has 0 aliphatic heterocycles. The second-order valence-corrected chi connectivity index (χ2v) is 9.89. The third-order valence-electron chi connectivity index (χ3n) is 7.45. The largest absolute Gasteiger partial charge is 1.00 e. The molecule has 0 N–H and O–H groups in total. The first-order chi connectivity index (χ1) is 25.3.